The van der Waals surface area contributed by atoms with Crippen LogP contribution in [-0.2, 0) is 7.05 Å². The summed E-state index contributed by atoms with van der Waals surface area (Å²) in [7, 11) is 1.98. The molecule has 0 amide bonds. The Bertz CT molecular complexity index is 554. The van der Waals surface area contributed by atoms with Crippen molar-refractivity contribution in [3.63, 3.8) is 0 Å². The highest BCUT2D eigenvalue weighted by molar-refractivity contribution is 9.10. The van der Waals surface area contributed by atoms with Crippen LogP contribution < -0.4 is 0 Å². The van der Waals surface area contributed by atoms with E-state index in [1.165, 1.54) is 0 Å². The molecule has 0 unspecified atom stereocenters. The minimum atomic E-state index is 0.125. The van der Waals surface area contributed by atoms with Crippen LogP contribution in [0, 0.1) is 6.92 Å². The van der Waals surface area contributed by atoms with Crippen LogP contribution >= 0.6 is 15.9 Å². The molecular formula is C12H12BrNO. The lowest BCUT2D eigenvalue weighted by Crippen LogP contribution is -1.96. The number of aromatic nitrogens is 1. The summed E-state index contributed by atoms with van der Waals surface area (Å²) in [4.78, 5) is 11.6. The van der Waals surface area contributed by atoms with Gasteiger partial charge in [-0.2, -0.15) is 0 Å². The maximum absolute atomic E-state index is 11.6. The van der Waals surface area contributed by atoms with Crippen LogP contribution in [-0.4, -0.2) is 10.4 Å². The average Bonchev–Trinajstić information content (AvgIpc) is 2.41. The van der Waals surface area contributed by atoms with E-state index >= 15 is 0 Å². The number of halogens is 1. The summed E-state index contributed by atoms with van der Waals surface area (Å²) in [5.41, 5.74) is 2.95. The number of carbonyl (C=O) groups is 1. The lowest BCUT2D eigenvalue weighted by Gasteiger charge is -1.98. The van der Waals surface area contributed by atoms with E-state index in [0.717, 1.165) is 26.6 Å². The van der Waals surface area contributed by atoms with E-state index in [9.17, 15) is 4.79 Å². The molecule has 2 aromatic rings. The highest BCUT2D eigenvalue weighted by Crippen LogP contribution is 2.27. The molecule has 0 saturated heterocycles. The first-order valence-corrected chi connectivity index (χ1v) is 5.57. The van der Waals surface area contributed by atoms with Gasteiger partial charge in [-0.05, 0) is 26.0 Å². The zero-order valence-corrected chi connectivity index (χ0v) is 10.6. The van der Waals surface area contributed by atoms with Crippen LogP contribution in [0.2, 0.25) is 0 Å². The van der Waals surface area contributed by atoms with Crippen molar-refractivity contribution in [3.8, 4) is 0 Å². The Morgan fingerprint density at radius 3 is 2.67 bits per heavy atom. The van der Waals surface area contributed by atoms with Crippen molar-refractivity contribution >= 4 is 32.6 Å². The maximum Gasteiger partial charge on any atom is 0.162 e. The lowest BCUT2D eigenvalue weighted by atomic mass is 10.1. The maximum atomic E-state index is 11.6. The molecule has 1 heterocycles. The predicted octanol–water partition coefficient (Wildman–Crippen LogP) is 3.45. The zero-order chi connectivity index (χ0) is 11.2. The van der Waals surface area contributed by atoms with Gasteiger partial charge in [0.15, 0.2) is 5.78 Å². The fourth-order valence-corrected chi connectivity index (χ4v) is 2.33. The highest BCUT2D eigenvalue weighted by atomic mass is 79.9. The first-order valence-electron chi connectivity index (χ1n) is 4.78. The second kappa shape index (κ2) is 3.49. The number of aryl methyl sites for hydroxylation is 1. The summed E-state index contributed by atoms with van der Waals surface area (Å²) in [6.45, 7) is 3.59. The molecule has 0 fully saturated rings. The molecule has 78 valence electrons. The summed E-state index contributed by atoms with van der Waals surface area (Å²) >= 11 is 3.44. The Labute approximate surface area is 97.0 Å². The summed E-state index contributed by atoms with van der Waals surface area (Å²) in [6.07, 6.45) is 0. The fourth-order valence-electron chi connectivity index (χ4n) is 1.98. The van der Waals surface area contributed by atoms with Gasteiger partial charge in [-0.1, -0.05) is 22.0 Å². The van der Waals surface area contributed by atoms with Crippen LogP contribution in [0.5, 0.6) is 0 Å². The molecule has 0 saturated carbocycles. The average molecular weight is 266 g/mol. The van der Waals surface area contributed by atoms with E-state index in [0.29, 0.717) is 0 Å². The van der Waals surface area contributed by atoms with E-state index in [1.807, 2.05) is 32.2 Å². The van der Waals surface area contributed by atoms with Crippen molar-refractivity contribution in [2.45, 2.75) is 13.8 Å². The van der Waals surface area contributed by atoms with Gasteiger partial charge in [0.2, 0.25) is 0 Å². The van der Waals surface area contributed by atoms with Crippen molar-refractivity contribution in [3.05, 3.63) is 33.9 Å². The number of hydrogen-bond donors (Lipinski definition) is 0. The molecule has 0 aliphatic heterocycles. The topological polar surface area (TPSA) is 22.0 Å². The minimum absolute atomic E-state index is 0.125. The first kappa shape index (κ1) is 10.4. The van der Waals surface area contributed by atoms with E-state index in [-0.39, 0.29) is 5.78 Å². The molecule has 3 heteroatoms. The number of carbonyl (C=O) groups excluding carboxylic acids is 1. The quantitative estimate of drug-likeness (QED) is 0.724. The van der Waals surface area contributed by atoms with E-state index in [2.05, 4.69) is 20.5 Å². The Morgan fingerprint density at radius 2 is 2.07 bits per heavy atom. The van der Waals surface area contributed by atoms with Gasteiger partial charge in [-0.25, -0.2) is 0 Å². The predicted molar refractivity (Wildman–Crippen MR) is 65.4 cm³/mol. The normalized spacial score (nSPS) is 10.9. The molecule has 0 spiro atoms. The monoisotopic (exact) mass is 265 g/mol. The van der Waals surface area contributed by atoms with E-state index < -0.39 is 0 Å². The Balaban J connectivity index is 2.93. The number of Topliss-reactive ketones (excluding diaryl/α,β-unsaturated/α-hetero) is 1. The van der Waals surface area contributed by atoms with Gasteiger partial charge in [0.05, 0.1) is 0 Å². The first-order chi connectivity index (χ1) is 7.02. The third-order valence-electron chi connectivity index (χ3n) is 2.81. The van der Waals surface area contributed by atoms with Crippen molar-refractivity contribution in [2.24, 2.45) is 7.05 Å². The summed E-state index contributed by atoms with van der Waals surface area (Å²) in [5, 5.41) is 1.03. The minimum Gasteiger partial charge on any atom is -0.347 e. The van der Waals surface area contributed by atoms with Crippen LogP contribution in [0.15, 0.2) is 22.7 Å². The molecule has 2 rings (SSSR count). The molecule has 0 aliphatic carbocycles. The van der Waals surface area contributed by atoms with Gasteiger partial charge in [0, 0.05) is 33.7 Å². The van der Waals surface area contributed by atoms with E-state index in [1.54, 1.807) is 6.92 Å². The fraction of sp³-hybridized carbons (Fsp3) is 0.250. The van der Waals surface area contributed by atoms with Gasteiger partial charge in [0.1, 0.15) is 0 Å². The molecule has 0 atom stereocenters. The molecule has 0 bridgehead atoms. The van der Waals surface area contributed by atoms with Crippen LogP contribution in [0.1, 0.15) is 23.0 Å². The third-order valence-corrected chi connectivity index (χ3v) is 3.30. The lowest BCUT2D eigenvalue weighted by molar-refractivity contribution is 0.101. The number of benzene rings is 1. The number of ketones is 1. The molecule has 1 aromatic carbocycles. The van der Waals surface area contributed by atoms with Gasteiger partial charge < -0.3 is 4.57 Å². The van der Waals surface area contributed by atoms with Crippen LogP contribution in [0.3, 0.4) is 0 Å². The smallest absolute Gasteiger partial charge is 0.162 e. The number of fused-ring (bicyclic) bond motifs is 1. The molecule has 1 aromatic heterocycles. The van der Waals surface area contributed by atoms with Crippen LogP contribution in [0.25, 0.3) is 10.9 Å². The highest BCUT2D eigenvalue weighted by Gasteiger charge is 2.14. The Kier molecular flexibility index (Phi) is 2.43. The standard InChI is InChI=1S/C12H12BrNO/c1-7-12(8(2)15)10-5-4-9(13)6-11(10)14(7)3/h4-6H,1-3H3. The van der Waals surface area contributed by atoms with Crippen molar-refractivity contribution in [1.82, 2.24) is 4.57 Å². The molecule has 0 radical (unpaired) electrons. The van der Waals surface area contributed by atoms with Gasteiger partial charge in [0.25, 0.3) is 0 Å². The van der Waals surface area contributed by atoms with Crippen molar-refractivity contribution in [2.75, 3.05) is 0 Å². The van der Waals surface area contributed by atoms with Gasteiger partial charge in [-0.3, -0.25) is 4.79 Å². The van der Waals surface area contributed by atoms with Crippen LogP contribution in [0.4, 0.5) is 0 Å². The Morgan fingerprint density at radius 1 is 1.40 bits per heavy atom. The molecule has 0 N–H and O–H groups in total. The number of rotatable bonds is 1. The van der Waals surface area contributed by atoms with E-state index in [4.69, 9.17) is 0 Å². The third kappa shape index (κ3) is 1.51. The molecule has 15 heavy (non-hydrogen) atoms. The van der Waals surface area contributed by atoms with Gasteiger partial charge in [-0.15, -0.1) is 0 Å². The van der Waals surface area contributed by atoms with Crippen molar-refractivity contribution < 1.29 is 4.79 Å². The molecule has 2 nitrogen and oxygen atoms in total. The number of hydrogen-bond acceptors (Lipinski definition) is 1. The zero-order valence-electron chi connectivity index (χ0n) is 8.97. The second-order valence-electron chi connectivity index (χ2n) is 3.74. The summed E-state index contributed by atoms with van der Waals surface area (Å²) in [5.74, 6) is 0.125. The Hall–Kier alpha value is -1.09. The van der Waals surface area contributed by atoms with Crippen molar-refractivity contribution in [1.29, 1.82) is 0 Å². The van der Waals surface area contributed by atoms with Gasteiger partial charge >= 0.3 is 0 Å². The summed E-state index contributed by atoms with van der Waals surface area (Å²) in [6, 6.07) is 5.99. The summed E-state index contributed by atoms with van der Waals surface area (Å²) < 4.78 is 3.09. The second-order valence-corrected chi connectivity index (χ2v) is 4.65. The molecule has 0 aliphatic rings. The largest absolute Gasteiger partial charge is 0.347 e. The molecular weight excluding hydrogens is 254 g/mol. The number of nitrogens with zero attached hydrogens (tertiary/aromatic N) is 1. The SMILES string of the molecule is CC(=O)c1c(C)n(C)c2cc(Br)ccc12.